The van der Waals surface area contributed by atoms with E-state index in [1.807, 2.05) is 6.07 Å². The smallest absolute Gasteiger partial charge is 0.122 e. The number of nitrogens with zero attached hydrogens (tertiary/aromatic N) is 1. The summed E-state index contributed by atoms with van der Waals surface area (Å²) in [6.07, 6.45) is 1.07. The van der Waals surface area contributed by atoms with E-state index < -0.39 is 0 Å². The van der Waals surface area contributed by atoms with Gasteiger partial charge in [0.05, 0.1) is 6.61 Å². The van der Waals surface area contributed by atoms with Crippen LogP contribution in [0.1, 0.15) is 17.9 Å². The van der Waals surface area contributed by atoms with Crippen molar-refractivity contribution in [3.63, 3.8) is 0 Å². The van der Waals surface area contributed by atoms with Gasteiger partial charge in [-0.15, -0.1) is 0 Å². The van der Waals surface area contributed by atoms with Crippen molar-refractivity contribution in [1.82, 2.24) is 0 Å². The van der Waals surface area contributed by atoms with Crippen molar-refractivity contribution < 1.29 is 4.74 Å². The molecule has 0 aliphatic carbocycles. The minimum absolute atomic E-state index is 0.517. The quantitative estimate of drug-likeness (QED) is 0.924. The molecule has 2 aromatic rings. The monoisotopic (exact) mass is 282 g/mol. The Morgan fingerprint density at radius 3 is 2.62 bits per heavy atom. The molecule has 2 aromatic carbocycles. The molecule has 0 spiro atoms. The van der Waals surface area contributed by atoms with Gasteiger partial charge in [0.15, 0.2) is 0 Å². The molecule has 1 unspecified atom stereocenters. The van der Waals surface area contributed by atoms with Crippen LogP contribution in [0.4, 0.5) is 11.4 Å². The SMILES string of the molecule is CN(C)c1ccc(NCC2CCOc3ccccc32)cc1. The van der Waals surface area contributed by atoms with Gasteiger partial charge < -0.3 is 15.0 Å². The van der Waals surface area contributed by atoms with E-state index in [0.29, 0.717) is 5.92 Å². The fraction of sp³-hybridized carbons (Fsp3) is 0.333. The van der Waals surface area contributed by atoms with Crippen LogP contribution in [0.5, 0.6) is 5.75 Å². The molecule has 0 fully saturated rings. The van der Waals surface area contributed by atoms with Crippen LogP contribution in [0, 0.1) is 0 Å². The molecule has 1 aliphatic heterocycles. The van der Waals surface area contributed by atoms with Crippen molar-refractivity contribution in [3.8, 4) is 5.75 Å². The Hall–Kier alpha value is -2.16. The highest BCUT2D eigenvalue weighted by molar-refractivity contribution is 5.54. The van der Waals surface area contributed by atoms with Crippen molar-refractivity contribution in [2.45, 2.75) is 12.3 Å². The zero-order valence-corrected chi connectivity index (χ0v) is 12.7. The van der Waals surface area contributed by atoms with Crippen LogP contribution in [0.3, 0.4) is 0 Å². The van der Waals surface area contributed by atoms with Crippen molar-refractivity contribution in [3.05, 3.63) is 54.1 Å². The van der Waals surface area contributed by atoms with Crippen LogP contribution in [0.15, 0.2) is 48.5 Å². The first kappa shape index (κ1) is 13.8. The van der Waals surface area contributed by atoms with Gasteiger partial charge in [0.2, 0.25) is 0 Å². The van der Waals surface area contributed by atoms with E-state index in [4.69, 9.17) is 4.74 Å². The molecule has 3 nitrogen and oxygen atoms in total. The molecule has 0 aromatic heterocycles. The summed E-state index contributed by atoms with van der Waals surface area (Å²) in [4.78, 5) is 2.11. The van der Waals surface area contributed by atoms with E-state index in [-0.39, 0.29) is 0 Å². The first-order valence-electron chi connectivity index (χ1n) is 7.47. The fourth-order valence-electron chi connectivity index (χ4n) is 2.75. The van der Waals surface area contributed by atoms with Gasteiger partial charge in [-0.1, -0.05) is 18.2 Å². The molecular formula is C18H22N2O. The van der Waals surface area contributed by atoms with Crippen molar-refractivity contribution in [2.75, 3.05) is 37.5 Å². The third kappa shape index (κ3) is 3.13. The van der Waals surface area contributed by atoms with Gasteiger partial charge in [-0.05, 0) is 42.3 Å². The van der Waals surface area contributed by atoms with Gasteiger partial charge in [-0.25, -0.2) is 0 Å². The van der Waals surface area contributed by atoms with Crippen LogP contribution in [-0.2, 0) is 0 Å². The molecule has 1 heterocycles. The van der Waals surface area contributed by atoms with Crippen LogP contribution in [0.25, 0.3) is 0 Å². The molecule has 0 bridgehead atoms. The highest BCUT2D eigenvalue weighted by Crippen LogP contribution is 2.33. The summed E-state index contributed by atoms with van der Waals surface area (Å²) in [6.45, 7) is 1.75. The predicted molar refractivity (Wildman–Crippen MR) is 88.6 cm³/mol. The number of hydrogen-bond acceptors (Lipinski definition) is 3. The van der Waals surface area contributed by atoms with E-state index in [2.05, 4.69) is 66.8 Å². The van der Waals surface area contributed by atoms with Crippen molar-refractivity contribution in [1.29, 1.82) is 0 Å². The van der Waals surface area contributed by atoms with E-state index in [1.165, 1.54) is 16.9 Å². The number of hydrogen-bond donors (Lipinski definition) is 1. The summed E-state index contributed by atoms with van der Waals surface area (Å²) in [5.41, 5.74) is 3.71. The first-order valence-corrected chi connectivity index (χ1v) is 7.47. The predicted octanol–water partition coefficient (Wildman–Crippen LogP) is 3.73. The Balaban J connectivity index is 1.66. The number of benzene rings is 2. The van der Waals surface area contributed by atoms with Gasteiger partial charge in [0, 0.05) is 37.9 Å². The Labute approximate surface area is 126 Å². The number of fused-ring (bicyclic) bond motifs is 1. The summed E-state index contributed by atoms with van der Waals surface area (Å²) < 4.78 is 5.71. The molecule has 0 saturated heterocycles. The second kappa shape index (κ2) is 6.08. The summed E-state index contributed by atoms with van der Waals surface area (Å²) in [7, 11) is 4.11. The molecule has 21 heavy (non-hydrogen) atoms. The summed E-state index contributed by atoms with van der Waals surface area (Å²) >= 11 is 0. The number of nitrogens with one attached hydrogen (secondary N) is 1. The molecular weight excluding hydrogens is 260 g/mol. The third-order valence-corrected chi connectivity index (χ3v) is 4.02. The molecule has 110 valence electrons. The Morgan fingerprint density at radius 1 is 1.10 bits per heavy atom. The van der Waals surface area contributed by atoms with Crippen LogP contribution in [0.2, 0.25) is 0 Å². The zero-order valence-electron chi connectivity index (χ0n) is 12.7. The van der Waals surface area contributed by atoms with Gasteiger partial charge in [0.25, 0.3) is 0 Å². The first-order chi connectivity index (χ1) is 10.2. The molecule has 1 atom stereocenters. The molecule has 1 N–H and O–H groups in total. The van der Waals surface area contributed by atoms with Crippen LogP contribution < -0.4 is 15.0 Å². The summed E-state index contributed by atoms with van der Waals surface area (Å²) in [5.74, 6) is 1.56. The number of rotatable bonds is 4. The lowest BCUT2D eigenvalue weighted by Crippen LogP contribution is -2.20. The van der Waals surface area contributed by atoms with Crippen LogP contribution >= 0.6 is 0 Å². The van der Waals surface area contributed by atoms with Crippen LogP contribution in [-0.4, -0.2) is 27.2 Å². The van der Waals surface area contributed by atoms with Gasteiger partial charge in [-0.3, -0.25) is 0 Å². The second-order valence-corrected chi connectivity index (χ2v) is 5.69. The Bertz CT molecular complexity index is 592. The third-order valence-electron chi connectivity index (χ3n) is 4.02. The van der Waals surface area contributed by atoms with E-state index >= 15 is 0 Å². The molecule has 0 radical (unpaired) electrons. The molecule has 3 rings (SSSR count). The van der Waals surface area contributed by atoms with E-state index in [0.717, 1.165) is 25.3 Å². The van der Waals surface area contributed by atoms with Gasteiger partial charge in [0.1, 0.15) is 5.75 Å². The normalized spacial score (nSPS) is 16.8. The lowest BCUT2D eigenvalue weighted by Gasteiger charge is -2.26. The Morgan fingerprint density at radius 2 is 1.86 bits per heavy atom. The maximum atomic E-state index is 5.71. The minimum atomic E-state index is 0.517. The number of para-hydroxylation sites is 1. The average molecular weight is 282 g/mol. The number of anilines is 2. The van der Waals surface area contributed by atoms with E-state index in [1.54, 1.807) is 0 Å². The molecule has 0 amide bonds. The topological polar surface area (TPSA) is 24.5 Å². The lowest BCUT2D eigenvalue weighted by atomic mass is 9.93. The molecule has 3 heteroatoms. The maximum absolute atomic E-state index is 5.71. The summed E-state index contributed by atoms with van der Waals surface area (Å²) in [6, 6.07) is 16.9. The second-order valence-electron chi connectivity index (χ2n) is 5.69. The van der Waals surface area contributed by atoms with Gasteiger partial charge >= 0.3 is 0 Å². The summed E-state index contributed by atoms with van der Waals surface area (Å²) in [5, 5.41) is 3.55. The standard InChI is InChI=1S/C18H22N2O/c1-20(2)16-9-7-15(8-10-16)19-13-14-11-12-21-18-6-4-3-5-17(14)18/h3-10,14,19H,11-13H2,1-2H3. The maximum Gasteiger partial charge on any atom is 0.122 e. The fourth-order valence-corrected chi connectivity index (χ4v) is 2.75. The van der Waals surface area contributed by atoms with Crippen molar-refractivity contribution >= 4 is 11.4 Å². The lowest BCUT2D eigenvalue weighted by molar-refractivity contribution is 0.270. The average Bonchev–Trinajstić information content (AvgIpc) is 2.53. The largest absolute Gasteiger partial charge is 0.493 e. The highest BCUT2D eigenvalue weighted by atomic mass is 16.5. The Kier molecular flexibility index (Phi) is 4.00. The van der Waals surface area contributed by atoms with Gasteiger partial charge in [-0.2, -0.15) is 0 Å². The zero-order chi connectivity index (χ0) is 14.7. The van der Waals surface area contributed by atoms with E-state index in [9.17, 15) is 0 Å². The number of ether oxygens (including phenoxy) is 1. The molecule has 1 aliphatic rings. The highest BCUT2D eigenvalue weighted by Gasteiger charge is 2.20. The van der Waals surface area contributed by atoms with Crippen molar-refractivity contribution in [2.24, 2.45) is 0 Å². The molecule has 0 saturated carbocycles. The minimum Gasteiger partial charge on any atom is -0.493 e.